The summed E-state index contributed by atoms with van der Waals surface area (Å²) in [5.74, 6) is 0.915. The Morgan fingerprint density at radius 2 is 1.70 bits per heavy atom. The molecule has 0 spiro atoms. The third-order valence-electron chi connectivity index (χ3n) is 3.12. The predicted molar refractivity (Wildman–Crippen MR) is 86.1 cm³/mol. The average Bonchev–Trinajstić information content (AvgIpc) is 2.29. The Kier molecular flexibility index (Phi) is 6.03. The fourth-order valence-corrected chi connectivity index (χ4v) is 2.47. The largest absolute Gasteiger partial charge is 0.491 e. The van der Waals surface area contributed by atoms with Crippen molar-refractivity contribution in [2.45, 2.75) is 46.8 Å². The lowest BCUT2D eigenvalue weighted by Crippen LogP contribution is -2.36. The van der Waals surface area contributed by atoms with Crippen molar-refractivity contribution in [1.29, 1.82) is 0 Å². The van der Waals surface area contributed by atoms with Crippen LogP contribution in [-0.2, 0) is 0 Å². The van der Waals surface area contributed by atoms with E-state index in [1.54, 1.807) is 0 Å². The van der Waals surface area contributed by atoms with Gasteiger partial charge in [-0.3, -0.25) is 4.90 Å². The molecule has 20 heavy (non-hydrogen) atoms. The van der Waals surface area contributed by atoms with Gasteiger partial charge in [0.15, 0.2) is 0 Å². The van der Waals surface area contributed by atoms with Gasteiger partial charge in [-0.25, -0.2) is 0 Å². The summed E-state index contributed by atoms with van der Waals surface area (Å²) < 4.78 is 5.68. The molecule has 1 atom stereocenters. The van der Waals surface area contributed by atoms with Gasteiger partial charge in [0.25, 0.3) is 0 Å². The van der Waals surface area contributed by atoms with E-state index in [2.05, 4.69) is 44.9 Å². The fraction of sp³-hybridized carbons (Fsp3) is 0.647. The lowest BCUT2D eigenvalue weighted by Gasteiger charge is -2.33. The molecule has 0 heterocycles. The monoisotopic (exact) mass is 278 g/mol. The van der Waals surface area contributed by atoms with E-state index in [1.807, 2.05) is 26.0 Å². The normalized spacial score (nSPS) is 13.8. The minimum absolute atomic E-state index is 0.203. The average molecular weight is 278 g/mol. The van der Waals surface area contributed by atoms with Crippen LogP contribution < -0.4 is 10.5 Å². The first-order valence-corrected chi connectivity index (χ1v) is 7.40. The number of rotatable bonds is 6. The minimum Gasteiger partial charge on any atom is -0.491 e. The Morgan fingerprint density at radius 3 is 2.10 bits per heavy atom. The van der Waals surface area contributed by atoms with Gasteiger partial charge in [0.05, 0.1) is 6.10 Å². The van der Waals surface area contributed by atoms with E-state index in [1.165, 1.54) is 5.56 Å². The highest BCUT2D eigenvalue weighted by molar-refractivity contribution is 5.29. The van der Waals surface area contributed by atoms with Crippen LogP contribution in [0.3, 0.4) is 0 Å². The van der Waals surface area contributed by atoms with Crippen LogP contribution in [0.15, 0.2) is 24.3 Å². The molecule has 114 valence electrons. The summed E-state index contributed by atoms with van der Waals surface area (Å²) >= 11 is 0. The summed E-state index contributed by atoms with van der Waals surface area (Å²) in [6.07, 6.45) is 0.203. The standard InChI is InChI=1S/C17H30N2O/c1-13(2)20-15-9-7-14(8-10-15)16(11-18)19(6)12-17(3,4)5/h7-10,13,16H,11-12,18H2,1-6H3. The van der Waals surface area contributed by atoms with Crippen LogP contribution in [0, 0.1) is 5.41 Å². The van der Waals surface area contributed by atoms with Gasteiger partial charge in [-0.05, 0) is 44.0 Å². The summed E-state index contributed by atoms with van der Waals surface area (Å²) in [5.41, 5.74) is 7.48. The molecule has 0 aromatic heterocycles. The maximum Gasteiger partial charge on any atom is 0.119 e. The number of likely N-dealkylation sites (N-methyl/N-ethyl adjacent to an activating group) is 1. The van der Waals surface area contributed by atoms with Crippen molar-refractivity contribution in [2.24, 2.45) is 11.1 Å². The SMILES string of the molecule is CC(C)Oc1ccc(C(CN)N(C)CC(C)(C)C)cc1. The van der Waals surface area contributed by atoms with Gasteiger partial charge < -0.3 is 10.5 Å². The van der Waals surface area contributed by atoms with Crippen LogP contribution in [0.2, 0.25) is 0 Å². The molecule has 3 nitrogen and oxygen atoms in total. The van der Waals surface area contributed by atoms with Gasteiger partial charge in [-0.1, -0.05) is 32.9 Å². The van der Waals surface area contributed by atoms with Crippen molar-refractivity contribution in [3.8, 4) is 5.75 Å². The highest BCUT2D eigenvalue weighted by Gasteiger charge is 2.21. The summed E-state index contributed by atoms with van der Waals surface area (Å²) in [4.78, 5) is 2.33. The molecule has 0 aliphatic heterocycles. The van der Waals surface area contributed by atoms with Crippen molar-refractivity contribution in [3.05, 3.63) is 29.8 Å². The van der Waals surface area contributed by atoms with Gasteiger partial charge in [0, 0.05) is 19.1 Å². The van der Waals surface area contributed by atoms with Gasteiger partial charge in [0.2, 0.25) is 0 Å². The van der Waals surface area contributed by atoms with Crippen LogP contribution in [-0.4, -0.2) is 31.1 Å². The van der Waals surface area contributed by atoms with Gasteiger partial charge in [0.1, 0.15) is 5.75 Å². The Labute approximate surface area is 124 Å². The number of nitrogens with two attached hydrogens (primary N) is 1. The minimum atomic E-state index is 0.203. The summed E-state index contributed by atoms with van der Waals surface area (Å²) in [6, 6.07) is 8.55. The van der Waals surface area contributed by atoms with E-state index in [-0.39, 0.29) is 17.6 Å². The molecule has 1 aromatic rings. The van der Waals surface area contributed by atoms with E-state index < -0.39 is 0 Å². The van der Waals surface area contributed by atoms with Gasteiger partial charge in [-0.2, -0.15) is 0 Å². The molecule has 1 aromatic carbocycles. The van der Waals surface area contributed by atoms with Crippen LogP contribution >= 0.6 is 0 Å². The second-order valence-corrected chi connectivity index (χ2v) is 6.96. The second-order valence-electron chi connectivity index (χ2n) is 6.96. The molecule has 0 radical (unpaired) electrons. The molecular weight excluding hydrogens is 248 g/mol. The molecule has 0 aliphatic rings. The Hall–Kier alpha value is -1.06. The number of hydrogen-bond donors (Lipinski definition) is 1. The van der Waals surface area contributed by atoms with Crippen molar-refractivity contribution < 1.29 is 4.74 Å². The zero-order valence-electron chi connectivity index (χ0n) is 13.8. The zero-order chi connectivity index (χ0) is 15.3. The molecule has 1 rings (SSSR count). The van der Waals surface area contributed by atoms with Gasteiger partial charge in [-0.15, -0.1) is 0 Å². The molecule has 1 unspecified atom stereocenters. The zero-order valence-corrected chi connectivity index (χ0v) is 13.8. The molecule has 2 N–H and O–H groups in total. The van der Waals surface area contributed by atoms with E-state index in [4.69, 9.17) is 10.5 Å². The molecule has 0 saturated carbocycles. The van der Waals surface area contributed by atoms with E-state index in [0.29, 0.717) is 6.54 Å². The van der Waals surface area contributed by atoms with Crippen molar-refractivity contribution in [3.63, 3.8) is 0 Å². The second kappa shape index (κ2) is 7.09. The number of benzene rings is 1. The first-order valence-electron chi connectivity index (χ1n) is 7.40. The van der Waals surface area contributed by atoms with E-state index in [9.17, 15) is 0 Å². The number of hydrogen-bond acceptors (Lipinski definition) is 3. The fourth-order valence-electron chi connectivity index (χ4n) is 2.47. The first-order chi connectivity index (χ1) is 9.23. The van der Waals surface area contributed by atoms with Crippen molar-refractivity contribution >= 4 is 0 Å². The molecule has 0 bridgehead atoms. The topological polar surface area (TPSA) is 38.5 Å². The summed E-state index contributed by atoms with van der Waals surface area (Å²) in [5, 5.41) is 0. The molecule has 0 saturated heterocycles. The smallest absolute Gasteiger partial charge is 0.119 e. The van der Waals surface area contributed by atoms with Crippen LogP contribution in [0.5, 0.6) is 5.75 Å². The van der Waals surface area contributed by atoms with Gasteiger partial charge >= 0.3 is 0 Å². The third-order valence-corrected chi connectivity index (χ3v) is 3.12. The highest BCUT2D eigenvalue weighted by Crippen LogP contribution is 2.25. The lowest BCUT2D eigenvalue weighted by atomic mass is 9.94. The van der Waals surface area contributed by atoms with E-state index >= 15 is 0 Å². The molecule has 0 aliphatic carbocycles. The lowest BCUT2D eigenvalue weighted by molar-refractivity contribution is 0.175. The van der Waals surface area contributed by atoms with Crippen molar-refractivity contribution in [1.82, 2.24) is 4.90 Å². The van der Waals surface area contributed by atoms with Crippen LogP contribution in [0.4, 0.5) is 0 Å². The predicted octanol–water partition coefficient (Wildman–Crippen LogP) is 3.45. The first kappa shape index (κ1) is 17.0. The maximum atomic E-state index is 5.97. The quantitative estimate of drug-likeness (QED) is 0.866. The highest BCUT2D eigenvalue weighted by atomic mass is 16.5. The third kappa shape index (κ3) is 5.51. The number of ether oxygens (including phenoxy) is 1. The Morgan fingerprint density at radius 1 is 1.15 bits per heavy atom. The van der Waals surface area contributed by atoms with E-state index in [0.717, 1.165) is 12.3 Å². The molecule has 3 heteroatoms. The summed E-state index contributed by atoms with van der Waals surface area (Å²) in [6.45, 7) is 12.4. The number of nitrogens with zero attached hydrogens (tertiary/aromatic N) is 1. The Balaban J connectivity index is 2.79. The summed E-state index contributed by atoms with van der Waals surface area (Å²) in [7, 11) is 2.14. The van der Waals surface area contributed by atoms with Crippen LogP contribution in [0.25, 0.3) is 0 Å². The Bertz CT molecular complexity index is 392. The molecule has 0 amide bonds. The maximum absolute atomic E-state index is 5.97. The van der Waals surface area contributed by atoms with Crippen molar-refractivity contribution in [2.75, 3.05) is 20.1 Å². The molecule has 0 fully saturated rings. The molecular formula is C17H30N2O. The van der Waals surface area contributed by atoms with Crippen LogP contribution in [0.1, 0.15) is 46.2 Å².